The molecule has 4 rings (SSSR count). The first-order valence-corrected chi connectivity index (χ1v) is 10.00. The molecular formula is C21H34O. The van der Waals surface area contributed by atoms with E-state index in [1.807, 2.05) is 6.92 Å². The van der Waals surface area contributed by atoms with E-state index in [1.165, 1.54) is 57.8 Å². The summed E-state index contributed by atoms with van der Waals surface area (Å²) in [5.74, 6) is 6.47. The second kappa shape index (κ2) is 5.35. The average Bonchev–Trinajstić information content (AvgIpc) is 2.89. The molecule has 1 nitrogen and oxygen atoms in total. The minimum atomic E-state index is 0.422. The average molecular weight is 303 g/mol. The monoisotopic (exact) mass is 302 g/mol. The third kappa shape index (κ3) is 2.21. The van der Waals surface area contributed by atoms with Gasteiger partial charge in [0.15, 0.2) is 0 Å². The molecule has 22 heavy (non-hydrogen) atoms. The van der Waals surface area contributed by atoms with Crippen molar-refractivity contribution in [2.24, 2.45) is 46.8 Å². The number of hydrogen-bond acceptors (Lipinski definition) is 1. The van der Waals surface area contributed by atoms with Gasteiger partial charge in [0, 0.05) is 5.92 Å². The van der Waals surface area contributed by atoms with Crippen molar-refractivity contribution in [1.29, 1.82) is 0 Å². The Labute approximate surface area is 136 Å². The summed E-state index contributed by atoms with van der Waals surface area (Å²) in [4.78, 5) is 12.0. The molecule has 0 heterocycles. The topological polar surface area (TPSA) is 17.1 Å². The first kappa shape index (κ1) is 15.2. The van der Waals surface area contributed by atoms with Crippen LogP contribution in [0.2, 0.25) is 0 Å². The van der Waals surface area contributed by atoms with Gasteiger partial charge in [0.05, 0.1) is 0 Å². The van der Waals surface area contributed by atoms with E-state index in [2.05, 4.69) is 13.8 Å². The van der Waals surface area contributed by atoms with E-state index in [-0.39, 0.29) is 0 Å². The van der Waals surface area contributed by atoms with Crippen LogP contribution in [0.4, 0.5) is 0 Å². The molecular weight excluding hydrogens is 268 g/mol. The van der Waals surface area contributed by atoms with Crippen LogP contribution in [0.5, 0.6) is 0 Å². The highest BCUT2D eigenvalue weighted by Gasteiger charge is 2.55. The van der Waals surface area contributed by atoms with Crippen LogP contribution in [0, 0.1) is 46.8 Å². The van der Waals surface area contributed by atoms with E-state index >= 15 is 0 Å². The summed E-state index contributed by atoms with van der Waals surface area (Å²) >= 11 is 0. The third-order valence-corrected chi connectivity index (χ3v) is 8.58. The van der Waals surface area contributed by atoms with E-state index in [0.29, 0.717) is 17.1 Å². The van der Waals surface area contributed by atoms with E-state index in [0.717, 1.165) is 35.5 Å². The Hall–Kier alpha value is -0.330. The van der Waals surface area contributed by atoms with E-state index in [4.69, 9.17) is 0 Å². The van der Waals surface area contributed by atoms with Gasteiger partial charge in [-0.25, -0.2) is 0 Å². The molecule has 4 aliphatic rings. The van der Waals surface area contributed by atoms with Crippen LogP contribution in [0.15, 0.2) is 0 Å². The Bertz CT molecular complexity index is 455. The van der Waals surface area contributed by atoms with Crippen LogP contribution < -0.4 is 0 Å². The molecule has 0 aromatic heterocycles. The predicted molar refractivity (Wildman–Crippen MR) is 90.4 cm³/mol. The molecule has 0 aromatic carbocycles. The van der Waals surface area contributed by atoms with Crippen LogP contribution in [0.3, 0.4) is 0 Å². The molecule has 0 aliphatic heterocycles. The van der Waals surface area contributed by atoms with Gasteiger partial charge in [0.25, 0.3) is 0 Å². The zero-order chi connectivity index (χ0) is 15.5. The number of hydrogen-bond donors (Lipinski definition) is 0. The molecule has 2 unspecified atom stereocenters. The molecule has 0 saturated heterocycles. The zero-order valence-electron chi connectivity index (χ0n) is 14.8. The fraction of sp³-hybridized carbons (Fsp3) is 0.952. The highest BCUT2D eigenvalue weighted by molar-refractivity contribution is 5.79. The Morgan fingerprint density at radius 1 is 0.864 bits per heavy atom. The van der Waals surface area contributed by atoms with E-state index < -0.39 is 0 Å². The lowest BCUT2D eigenvalue weighted by molar-refractivity contribution is -0.124. The molecule has 0 bridgehead atoms. The Morgan fingerprint density at radius 3 is 2.32 bits per heavy atom. The van der Waals surface area contributed by atoms with Gasteiger partial charge in [-0.3, -0.25) is 4.79 Å². The van der Waals surface area contributed by atoms with Gasteiger partial charge in [0.1, 0.15) is 5.78 Å². The molecule has 4 aliphatic carbocycles. The fourth-order valence-electron chi connectivity index (χ4n) is 7.77. The van der Waals surface area contributed by atoms with Crippen molar-refractivity contribution in [3.8, 4) is 0 Å². The van der Waals surface area contributed by atoms with Gasteiger partial charge in [-0.1, -0.05) is 20.3 Å². The maximum Gasteiger partial charge on any atom is 0.133 e. The van der Waals surface area contributed by atoms with Crippen LogP contribution >= 0.6 is 0 Å². The summed E-state index contributed by atoms with van der Waals surface area (Å²) in [5.41, 5.74) is 0.643. The highest BCUT2D eigenvalue weighted by Crippen LogP contribution is 2.63. The zero-order valence-corrected chi connectivity index (χ0v) is 14.8. The predicted octanol–water partition coefficient (Wildman–Crippen LogP) is 5.48. The van der Waals surface area contributed by atoms with Gasteiger partial charge in [-0.15, -0.1) is 0 Å². The molecule has 8 atom stereocenters. The van der Waals surface area contributed by atoms with Gasteiger partial charge >= 0.3 is 0 Å². The summed E-state index contributed by atoms with van der Waals surface area (Å²) in [6, 6.07) is 0. The molecule has 0 amide bonds. The van der Waals surface area contributed by atoms with Crippen molar-refractivity contribution in [3.63, 3.8) is 0 Å². The Kier molecular flexibility index (Phi) is 3.70. The van der Waals surface area contributed by atoms with Gasteiger partial charge < -0.3 is 0 Å². The molecule has 0 spiro atoms. The van der Waals surface area contributed by atoms with E-state index in [9.17, 15) is 4.79 Å². The number of carbonyl (C=O) groups is 1. The van der Waals surface area contributed by atoms with Crippen molar-refractivity contribution in [3.05, 3.63) is 0 Å². The number of ketones is 1. The molecule has 1 heteroatoms. The van der Waals surface area contributed by atoms with Gasteiger partial charge in [0.2, 0.25) is 0 Å². The largest absolute Gasteiger partial charge is 0.300 e. The highest BCUT2D eigenvalue weighted by atomic mass is 16.1. The SMILES string of the molecule is CC(=O)[C@H]1CCC2[C@@H]3CC[C@]4(C)C[C@@H](C)CC[C@@H]4C3CC[C@@H]21. The first-order chi connectivity index (χ1) is 10.5. The minimum Gasteiger partial charge on any atom is -0.300 e. The van der Waals surface area contributed by atoms with Crippen molar-refractivity contribution in [2.45, 2.75) is 78.6 Å². The smallest absolute Gasteiger partial charge is 0.133 e. The maximum atomic E-state index is 12.0. The van der Waals surface area contributed by atoms with Crippen LogP contribution in [0.1, 0.15) is 78.6 Å². The second-order valence-electron chi connectivity index (χ2n) is 9.71. The third-order valence-electron chi connectivity index (χ3n) is 8.58. The molecule has 4 fully saturated rings. The number of carbonyl (C=O) groups excluding carboxylic acids is 1. The molecule has 0 aromatic rings. The van der Waals surface area contributed by atoms with Gasteiger partial charge in [-0.05, 0) is 99.2 Å². The quantitative estimate of drug-likeness (QED) is 0.627. The summed E-state index contributed by atoms with van der Waals surface area (Å²) in [7, 11) is 0. The summed E-state index contributed by atoms with van der Waals surface area (Å²) in [5, 5.41) is 0. The van der Waals surface area contributed by atoms with Crippen LogP contribution in [-0.2, 0) is 4.79 Å². The summed E-state index contributed by atoms with van der Waals surface area (Å²) in [6.45, 7) is 6.93. The van der Waals surface area contributed by atoms with Crippen molar-refractivity contribution >= 4 is 5.78 Å². The number of rotatable bonds is 1. The fourth-order valence-corrected chi connectivity index (χ4v) is 7.77. The standard InChI is InChI=1S/C21H34O/c1-13-4-9-20-19-8-7-16-15(14(2)22)5-6-17(16)18(19)10-11-21(20,3)12-13/h13,15-20H,4-12H2,1-3H3/t13-,15+,16+,17?,18-,19?,20+,21+/m0/s1. The van der Waals surface area contributed by atoms with Gasteiger partial charge in [-0.2, -0.15) is 0 Å². The first-order valence-electron chi connectivity index (χ1n) is 10.00. The summed E-state index contributed by atoms with van der Waals surface area (Å²) < 4.78 is 0. The normalized spacial score (nSPS) is 54.2. The molecule has 124 valence electrons. The van der Waals surface area contributed by atoms with Crippen molar-refractivity contribution in [2.75, 3.05) is 0 Å². The molecule has 4 saturated carbocycles. The lowest BCUT2D eigenvalue weighted by Crippen LogP contribution is -2.49. The van der Waals surface area contributed by atoms with E-state index in [1.54, 1.807) is 0 Å². The van der Waals surface area contributed by atoms with Crippen molar-refractivity contribution < 1.29 is 4.79 Å². The second-order valence-corrected chi connectivity index (χ2v) is 9.71. The lowest BCUT2D eigenvalue weighted by atomic mass is 9.48. The van der Waals surface area contributed by atoms with Crippen LogP contribution in [-0.4, -0.2) is 5.78 Å². The minimum absolute atomic E-state index is 0.422. The Morgan fingerprint density at radius 2 is 1.55 bits per heavy atom. The van der Waals surface area contributed by atoms with Crippen molar-refractivity contribution in [1.82, 2.24) is 0 Å². The maximum absolute atomic E-state index is 12.0. The van der Waals surface area contributed by atoms with Crippen LogP contribution in [0.25, 0.3) is 0 Å². The molecule has 0 radical (unpaired) electrons. The number of fused-ring (bicyclic) bond motifs is 5. The summed E-state index contributed by atoms with van der Waals surface area (Å²) in [6.07, 6.45) is 12.7. The molecule has 0 N–H and O–H groups in total. The Balaban J connectivity index is 1.55. The lowest BCUT2D eigenvalue weighted by Gasteiger charge is -2.57. The number of Topliss-reactive ketones (excluding diaryl/α,β-unsaturated/α-hetero) is 1.